The highest BCUT2D eigenvalue weighted by Gasteiger charge is 2.47. The SMILES string of the molecule is O=C(CC1CCCc2ccccc21)N1CCC(F)(C(=O)O)C1. The molecule has 0 bridgehead atoms. The number of halogens is 1. The van der Waals surface area contributed by atoms with Crippen molar-refractivity contribution in [1.29, 1.82) is 0 Å². The molecule has 2 aliphatic rings. The predicted octanol–water partition coefficient (Wildman–Crippen LogP) is 2.52. The lowest BCUT2D eigenvalue weighted by Gasteiger charge is -2.27. The largest absolute Gasteiger partial charge is 0.479 e. The Balaban J connectivity index is 1.68. The number of amides is 1. The highest BCUT2D eigenvalue weighted by atomic mass is 19.1. The first-order valence-corrected chi connectivity index (χ1v) is 7.77. The van der Waals surface area contributed by atoms with E-state index in [-0.39, 0.29) is 31.3 Å². The maximum atomic E-state index is 14.1. The number of hydrogen-bond donors (Lipinski definition) is 1. The summed E-state index contributed by atoms with van der Waals surface area (Å²) in [6.07, 6.45) is 3.27. The number of carboxylic acids is 1. The summed E-state index contributed by atoms with van der Waals surface area (Å²) in [6, 6.07) is 8.15. The second-order valence-electron chi connectivity index (χ2n) is 6.33. The number of carbonyl (C=O) groups excluding carboxylic acids is 1. The van der Waals surface area contributed by atoms with Crippen LogP contribution >= 0.6 is 0 Å². The first kappa shape index (κ1) is 15.0. The molecule has 0 spiro atoms. The molecule has 1 saturated heterocycles. The minimum Gasteiger partial charge on any atom is -0.479 e. The Kier molecular flexibility index (Phi) is 3.89. The van der Waals surface area contributed by atoms with E-state index in [2.05, 4.69) is 12.1 Å². The summed E-state index contributed by atoms with van der Waals surface area (Å²) >= 11 is 0. The van der Waals surface area contributed by atoms with Crippen LogP contribution in [0.3, 0.4) is 0 Å². The van der Waals surface area contributed by atoms with Crippen LogP contribution in [0.4, 0.5) is 4.39 Å². The maximum absolute atomic E-state index is 14.1. The number of alkyl halides is 1. The van der Waals surface area contributed by atoms with E-state index >= 15 is 0 Å². The van der Waals surface area contributed by atoms with Crippen molar-refractivity contribution in [3.63, 3.8) is 0 Å². The fourth-order valence-corrected chi connectivity index (χ4v) is 3.57. The molecule has 1 aromatic carbocycles. The zero-order valence-electron chi connectivity index (χ0n) is 12.4. The lowest BCUT2D eigenvalue weighted by Crippen LogP contribution is -2.39. The van der Waals surface area contributed by atoms with Gasteiger partial charge >= 0.3 is 5.97 Å². The van der Waals surface area contributed by atoms with Crippen molar-refractivity contribution in [3.05, 3.63) is 35.4 Å². The van der Waals surface area contributed by atoms with Gasteiger partial charge in [0.15, 0.2) is 0 Å². The van der Waals surface area contributed by atoms with Crippen LogP contribution in [-0.2, 0) is 16.0 Å². The summed E-state index contributed by atoms with van der Waals surface area (Å²) in [7, 11) is 0. The number of hydrogen-bond acceptors (Lipinski definition) is 2. The van der Waals surface area contributed by atoms with Gasteiger partial charge in [-0.05, 0) is 36.3 Å². The van der Waals surface area contributed by atoms with Crippen molar-refractivity contribution in [3.8, 4) is 0 Å². The first-order valence-electron chi connectivity index (χ1n) is 7.77. The Morgan fingerprint density at radius 3 is 2.86 bits per heavy atom. The van der Waals surface area contributed by atoms with Crippen LogP contribution in [0.2, 0.25) is 0 Å². The zero-order valence-corrected chi connectivity index (χ0v) is 12.4. The van der Waals surface area contributed by atoms with Crippen molar-refractivity contribution >= 4 is 11.9 Å². The molecule has 5 heteroatoms. The van der Waals surface area contributed by atoms with E-state index in [9.17, 15) is 14.0 Å². The molecule has 0 radical (unpaired) electrons. The van der Waals surface area contributed by atoms with Gasteiger partial charge in [0, 0.05) is 19.4 Å². The minimum absolute atomic E-state index is 0.116. The first-order chi connectivity index (χ1) is 10.5. The third-order valence-corrected chi connectivity index (χ3v) is 4.87. The van der Waals surface area contributed by atoms with Crippen LogP contribution in [-0.4, -0.2) is 40.6 Å². The number of rotatable bonds is 3. The van der Waals surface area contributed by atoms with Gasteiger partial charge in [-0.2, -0.15) is 0 Å². The fourth-order valence-electron chi connectivity index (χ4n) is 3.57. The smallest absolute Gasteiger partial charge is 0.343 e. The molecule has 1 aliphatic heterocycles. The lowest BCUT2D eigenvalue weighted by molar-refractivity contribution is -0.150. The summed E-state index contributed by atoms with van der Waals surface area (Å²) < 4.78 is 14.1. The number of benzene rings is 1. The molecule has 1 heterocycles. The van der Waals surface area contributed by atoms with Crippen molar-refractivity contribution in [2.45, 2.75) is 43.7 Å². The molecule has 118 valence electrons. The molecule has 0 aromatic heterocycles. The minimum atomic E-state index is -2.28. The van der Waals surface area contributed by atoms with Crippen LogP contribution in [0.1, 0.15) is 42.7 Å². The fraction of sp³-hybridized carbons (Fsp3) is 0.529. The maximum Gasteiger partial charge on any atom is 0.343 e. The average molecular weight is 305 g/mol. The molecule has 22 heavy (non-hydrogen) atoms. The highest BCUT2D eigenvalue weighted by Crippen LogP contribution is 2.35. The Morgan fingerprint density at radius 1 is 1.36 bits per heavy atom. The van der Waals surface area contributed by atoms with Gasteiger partial charge in [0.25, 0.3) is 0 Å². The van der Waals surface area contributed by atoms with Gasteiger partial charge in [-0.1, -0.05) is 24.3 Å². The molecular weight excluding hydrogens is 285 g/mol. The average Bonchev–Trinajstić information content (AvgIpc) is 2.92. The molecule has 1 fully saturated rings. The van der Waals surface area contributed by atoms with Gasteiger partial charge in [-0.15, -0.1) is 0 Å². The van der Waals surface area contributed by atoms with E-state index in [0.717, 1.165) is 19.3 Å². The Labute approximate surface area is 128 Å². The van der Waals surface area contributed by atoms with Crippen LogP contribution in [0.25, 0.3) is 0 Å². The Morgan fingerprint density at radius 2 is 2.14 bits per heavy atom. The van der Waals surface area contributed by atoms with Crippen molar-refractivity contribution in [2.24, 2.45) is 0 Å². The van der Waals surface area contributed by atoms with Gasteiger partial charge in [-0.25, -0.2) is 9.18 Å². The van der Waals surface area contributed by atoms with E-state index in [1.807, 2.05) is 12.1 Å². The number of carboxylic acid groups (broad SMARTS) is 1. The number of carbonyl (C=O) groups is 2. The second kappa shape index (κ2) is 5.71. The molecule has 3 rings (SSSR count). The summed E-state index contributed by atoms with van der Waals surface area (Å²) in [5.74, 6) is -1.44. The van der Waals surface area contributed by atoms with E-state index in [0.29, 0.717) is 6.42 Å². The van der Waals surface area contributed by atoms with Crippen LogP contribution in [0.15, 0.2) is 24.3 Å². The molecule has 1 amide bonds. The molecule has 1 aromatic rings. The molecule has 1 N–H and O–H groups in total. The topological polar surface area (TPSA) is 57.6 Å². The normalized spacial score (nSPS) is 27.5. The number of nitrogens with zero attached hydrogens (tertiary/aromatic N) is 1. The summed E-state index contributed by atoms with van der Waals surface area (Å²) in [4.78, 5) is 24.7. The number of fused-ring (bicyclic) bond motifs is 1. The third-order valence-electron chi connectivity index (χ3n) is 4.87. The molecule has 4 nitrogen and oxygen atoms in total. The quantitative estimate of drug-likeness (QED) is 0.933. The standard InChI is InChI=1S/C17H20FNO3/c18-17(16(21)22)8-9-19(11-17)15(20)10-13-6-3-5-12-4-1-2-7-14(12)13/h1-2,4,7,13H,3,5-6,8-11H2,(H,21,22). The monoisotopic (exact) mass is 305 g/mol. The number of aliphatic carboxylic acids is 1. The predicted molar refractivity (Wildman–Crippen MR) is 79.4 cm³/mol. The molecule has 1 aliphatic carbocycles. The van der Waals surface area contributed by atoms with Crippen LogP contribution in [0.5, 0.6) is 0 Å². The van der Waals surface area contributed by atoms with Crippen molar-refractivity contribution in [2.75, 3.05) is 13.1 Å². The lowest BCUT2D eigenvalue weighted by atomic mass is 9.81. The van der Waals surface area contributed by atoms with Gasteiger partial charge in [-0.3, -0.25) is 4.79 Å². The second-order valence-corrected chi connectivity index (χ2v) is 6.33. The summed E-state index contributed by atoms with van der Waals surface area (Å²) in [5, 5.41) is 8.91. The molecular formula is C17H20FNO3. The van der Waals surface area contributed by atoms with E-state index in [1.54, 1.807) is 0 Å². The van der Waals surface area contributed by atoms with E-state index in [1.165, 1.54) is 16.0 Å². The highest BCUT2D eigenvalue weighted by molar-refractivity contribution is 5.82. The third kappa shape index (κ3) is 2.72. The van der Waals surface area contributed by atoms with Crippen LogP contribution in [0, 0.1) is 0 Å². The summed E-state index contributed by atoms with van der Waals surface area (Å²) in [6.45, 7) is -0.133. The molecule has 0 saturated carbocycles. The van der Waals surface area contributed by atoms with E-state index in [4.69, 9.17) is 5.11 Å². The number of aryl methyl sites for hydroxylation is 1. The van der Waals surface area contributed by atoms with Crippen LogP contribution < -0.4 is 0 Å². The van der Waals surface area contributed by atoms with Crippen molar-refractivity contribution in [1.82, 2.24) is 4.90 Å². The Hall–Kier alpha value is -1.91. The summed E-state index contributed by atoms with van der Waals surface area (Å²) in [5.41, 5.74) is 0.226. The van der Waals surface area contributed by atoms with Gasteiger partial charge in [0.05, 0.1) is 6.54 Å². The van der Waals surface area contributed by atoms with Gasteiger partial charge in [0.1, 0.15) is 0 Å². The van der Waals surface area contributed by atoms with Gasteiger partial charge in [0.2, 0.25) is 11.6 Å². The number of likely N-dealkylation sites (tertiary alicyclic amines) is 1. The van der Waals surface area contributed by atoms with Crippen molar-refractivity contribution < 1.29 is 19.1 Å². The molecule has 2 unspecified atom stereocenters. The van der Waals surface area contributed by atoms with Gasteiger partial charge < -0.3 is 10.0 Å². The van der Waals surface area contributed by atoms with E-state index < -0.39 is 11.6 Å². The zero-order chi connectivity index (χ0) is 15.7. The Bertz CT molecular complexity index is 603. The molecule has 2 atom stereocenters.